The number of hydrogen-bond acceptors (Lipinski definition) is 2. The van der Waals surface area contributed by atoms with Crippen LogP contribution in [0.25, 0.3) is 10.8 Å². The molecule has 1 N–H and O–H groups in total. The quantitative estimate of drug-likeness (QED) is 0.768. The van der Waals surface area contributed by atoms with Gasteiger partial charge in [-0.25, -0.2) is 0 Å². The van der Waals surface area contributed by atoms with E-state index in [0.717, 1.165) is 5.69 Å². The first-order valence-electron chi connectivity index (χ1n) is 7.37. The van der Waals surface area contributed by atoms with E-state index in [9.17, 15) is 0 Å². The van der Waals surface area contributed by atoms with Gasteiger partial charge in [0.05, 0.1) is 0 Å². The third-order valence-corrected chi connectivity index (χ3v) is 4.12. The Bertz CT molecular complexity index is 716. The summed E-state index contributed by atoms with van der Waals surface area (Å²) >= 11 is 0. The van der Waals surface area contributed by atoms with Gasteiger partial charge in [-0.2, -0.15) is 0 Å². The maximum Gasteiger partial charge on any atom is 0.0450 e. The molecule has 0 aliphatic rings. The number of benzene rings is 2. The molecular weight excluding hydrogens is 256 g/mol. The lowest BCUT2D eigenvalue weighted by Crippen LogP contribution is -2.23. The highest BCUT2D eigenvalue weighted by molar-refractivity contribution is 5.86. The molecule has 0 saturated carbocycles. The van der Waals surface area contributed by atoms with Crippen LogP contribution in [0.1, 0.15) is 30.1 Å². The summed E-state index contributed by atoms with van der Waals surface area (Å²) < 4.78 is 0. The number of fused-ring (bicyclic) bond motifs is 1. The Labute approximate surface area is 125 Å². The standard InChI is InChI=1S/C19H20N2/c1-14(18-12-5-6-13-21-18)19(20-2)17-11-7-9-15-8-3-4-10-16(15)17/h3-14,19-20H,1-2H3. The van der Waals surface area contributed by atoms with Gasteiger partial charge in [-0.1, -0.05) is 55.5 Å². The Morgan fingerprint density at radius 3 is 2.43 bits per heavy atom. The summed E-state index contributed by atoms with van der Waals surface area (Å²) in [7, 11) is 2.02. The van der Waals surface area contributed by atoms with E-state index in [0.29, 0.717) is 5.92 Å². The van der Waals surface area contributed by atoms with E-state index in [2.05, 4.69) is 71.8 Å². The number of likely N-dealkylation sites (N-methyl/N-ethyl adjacent to an activating group) is 1. The topological polar surface area (TPSA) is 24.9 Å². The van der Waals surface area contributed by atoms with Gasteiger partial charge in [0.2, 0.25) is 0 Å². The molecule has 0 radical (unpaired) electrons. The van der Waals surface area contributed by atoms with Gasteiger partial charge in [0.1, 0.15) is 0 Å². The van der Waals surface area contributed by atoms with Crippen LogP contribution in [0, 0.1) is 0 Å². The number of aromatic nitrogens is 1. The predicted molar refractivity (Wildman–Crippen MR) is 88.4 cm³/mol. The second-order valence-electron chi connectivity index (χ2n) is 5.38. The summed E-state index contributed by atoms with van der Waals surface area (Å²) in [5.74, 6) is 0.307. The third kappa shape index (κ3) is 2.67. The minimum Gasteiger partial charge on any atom is -0.312 e. The fourth-order valence-electron chi connectivity index (χ4n) is 3.01. The van der Waals surface area contributed by atoms with Crippen molar-refractivity contribution < 1.29 is 0 Å². The molecule has 2 atom stereocenters. The smallest absolute Gasteiger partial charge is 0.0450 e. The first-order valence-corrected chi connectivity index (χ1v) is 7.37. The summed E-state index contributed by atoms with van der Waals surface area (Å²) in [6, 6.07) is 21.4. The number of nitrogens with one attached hydrogen (secondary N) is 1. The zero-order valence-corrected chi connectivity index (χ0v) is 12.5. The van der Waals surface area contributed by atoms with E-state index in [1.54, 1.807) is 0 Å². The monoisotopic (exact) mass is 276 g/mol. The molecule has 0 amide bonds. The zero-order valence-electron chi connectivity index (χ0n) is 12.5. The van der Waals surface area contributed by atoms with E-state index in [1.807, 2.05) is 19.3 Å². The lowest BCUT2D eigenvalue weighted by Gasteiger charge is -2.25. The number of rotatable bonds is 4. The van der Waals surface area contributed by atoms with Gasteiger partial charge in [-0.15, -0.1) is 0 Å². The molecule has 21 heavy (non-hydrogen) atoms. The van der Waals surface area contributed by atoms with E-state index in [1.165, 1.54) is 16.3 Å². The molecule has 0 bridgehead atoms. The number of nitrogens with zero attached hydrogens (tertiary/aromatic N) is 1. The second kappa shape index (κ2) is 6.06. The zero-order chi connectivity index (χ0) is 14.7. The van der Waals surface area contributed by atoms with Gasteiger partial charge in [0.25, 0.3) is 0 Å². The number of hydrogen-bond donors (Lipinski definition) is 1. The molecule has 3 rings (SSSR count). The molecule has 2 aromatic carbocycles. The molecule has 0 fully saturated rings. The molecule has 1 aromatic heterocycles. The molecule has 0 aliphatic heterocycles. The van der Waals surface area contributed by atoms with Crippen LogP contribution in [0.3, 0.4) is 0 Å². The van der Waals surface area contributed by atoms with Crippen LogP contribution in [0.4, 0.5) is 0 Å². The average Bonchev–Trinajstić information content (AvgIpc) is 2.56. The van der Waals surface area contributed by atoms with Gasteiger partial charge in [-0.3, -0.25) is 4.98 Å². The fourth-order valence-corrected chi connectivity index (χ4v) is 3.01. The van der Waals surface area contributed by atoms with Gasteiger partial charge in [0, 0.05) is 23.9 Å². The van der Waals surface area contributed by atoms with Crippen LogP contribution in [0.2, 0.25) is 0 Å². The molecule has 2 nitrogen and oxygen atoms in total. The molecular formula is C19H20N2. The van der Waals surface area contributed by atoms with Crippen LogP contribution >= 0.6 is 0 Å². The fraction of sp³-hybridized carbons (Fsp3) is 0.211. The van der Waals surface area contributed by atoms with Crippen LogP contribution in [0.5, 0.6) is 0 Å². The largest absolute Gasteiger partial charge is 0.312 e. The molecule has 2 heteroatoms. The molecule has 0 spiro atoms. The van der Waals surface area contributed by atoms with Crippen molar-refractivity contribution in [3.8, 4) is 0 Å². The average molecular weight is 276 g/mol. The highest BCUT2D eigenvalue weighted by Gasteiger charge is 2.21. The van der Waals surface area contributed by atoms with E-state index < -0.39 is 0 Å². The van der Waals surface area contributed by atoms with Crippen LogP contribution in [0.15, 0.2) is 66.9 Å². The Kier molecular flexibility index (Phi) is 3.98. The van der Waals surface area contributed by atoms with E-state index >= 15 is 0 Å². The van der Waals surface area contributed by atoms with E-state index in [-0.39, 0.29) is 6.04 Å². The van der Waals surface area contributed by atoms with Crippen molar-refractivity contribution in [2.24, 2.45) is 0 Å². The third-order valence-electron chi connectivity index (χ3n) is 4.12. The van der Waals surface area contributed by atoms with Crippen LogP contribution in [-0.4, -0.2) is 12.0 Å². The van der Waals surface area contributed by atoms with Crippen LogP contribution in [-0.2, 0) is 0 Å². The van der Waals surface area contributed by atoms with E-state index in [4.69, 9.17) is 0 Å². The highest BCUT2D eigenvalue weighted by Crippen LogP contribution is 2.33. The van der Waals surface area contributed by atoms with Crippen molar-refractivity contribution in [3.05, 3.63) is 78.1 Å². The Hall–Kier alpha value is -2.19. The normalized spacial score (nSPS) is 14.0. The molecule has 1 heterocycles. The predicted octanol–water partition coefficient (Wildman–Crippen LogP) is 4.30. The summed E-state index contributed by atoms with van der Waals surface area (Å²) in [6.07, 6.45) is 1.86. The lowest BCUT2D eigenvalue weighted by molar-refractivity contribution is 0.502. The van der Waals surface area contributed by atoms with Crippen molar-refractivity contribution in [2.45, 2.75) is 18.9 Å². The molecule has 2 unspecified atom stereocenters. The highest BCUT2D eigenvalue weighted by atomic mass is 14.9. The maximum absolute atomic E-state index is 4.51. The lowest BCUT2D eigenvalue weighted by atomic mass is 9.88. The van der Waals surface area contributed by atoms with Crippen molar-refractivity contribution in [1.82, 2.24) is 10.3 Å². The first-order chi connectivity index (χ1) is 10.3. The first kappa shape index (κ1) is 13.8. The van der Waals surface area contributed by atoms with Gasteiger partial charge >= 0.3 is 0 Å². The van der Waals surface area contributed by atoms with Crippen LogP contribution < -0.4 is 5.32 Å². The summed E-state index contributed by atoms with van der Waals surface area (Å²) in [5.41, 5.74) is 2.44. The second-order valence-corrected chi connectivity index (χ2v) is 5.38. The van der Waals surface area contributed by atoms with Crippen molar-refractivity contribution in [2.75, 3.05) is 7.05 Å². The summed E-state index contributed by atoms with van der Waals surface area (Å²) in [6.45, 7) is 2.23. The maximum atomic E-state index is 4.51. The Balaban J connectivity index is 2.06. The van der Waals surface area contributed by atoms with Crippen molar-refractivity contribution in [1.29, 1.82) is 0 Å². The minimum absolute atomic E-state index is 0.242. The van der Waals surface area contributed by atoms with Crippen molar-refractivity contribution in [3.63, 3.8) is 0 Å². The van der Waals surface area contributed by atoms with Gasteiger partial charge in [0.15, 0.2) is 0 Å². The SMILES string of the molecule is CNC(c1cccc2ccccc12)C(C)c1ccccn1. The van der Waals surface area contributed by atoms with Gasteiger partial charge < -0.3 is 5.32 Å². The van der Waals surface area contributed by atoms with Gasteiger partial charge in [-0.05, 0) is 35.5 Å². The van der Waals surface area contributed by atoms with Crippen molar-refractivity contribution >= 4 is 10.8 Å². The molecule has 0 saturated heterocycles. The summed E-state index contributed by atoms with van der Waals surface area (Å²) in [4.78, 5) is 4.51. The molecule has 0 aliphatic carbocycles. The number of pyridine rings is 1. The minimum atomic E-state index is 0.242. The summed E-state index contributed by atoms with van der Waals surface area (Å²) in [5, 5.41) is 6.06. The Morgan fingerprint density at radius 2 is 1.67 bits per heavy atom. The Morgan fingerprint density at radius 1 is 0.905 bits per heavy atom. The molecule has 3 aromatic rings. The molecule has 106 valence electrons.